The van der Waals surface area contributed by atoms with Gasteiger partial charge in [-0.3, -0.25) is 5.10 Å². The highest BCUT2D eigenvalue weighted by molar-refractivity contribution is 7.84. The Bertz CT molecular complexity index is 577. The Balaban J connectivity index is 2.41. The van der Waals surface area contributed by atoms with Crippen LogP contribution < -0.4 is 9.32 Å². The maximum absolute atomic E-state index is 10.8. The fourth-order valence-electron chi connectivity index (χ4n) is 1.28. The first-order chi connectivity index (χ1) is 7.56. The van der Waals surface area contributed by atoms with Crippen molar-refractivity contribution in [2.24, 2.45) is 5.14 Å². The fourth-order valence-corrected chi connectivity index (χ4v) is 1.65. The molecule has 0 aliphatic carbocycles. The van der Waals surface area contributed by atoms with Crippen LogP contribution in [0.1, 0.15) is 0 Å². The van der Waals surface area contributed by atoms with E-state index in [4.69, 9.17) is 5.14 Å². The molecule has 0 fully saturated rings. The van der Waals surface area contributed by atoms with E-state index < -0.39 is 10.3 Å². The summed E-state index contributed by atoms with van der Waals surface area (Å²) in [7, 11) is -4.04. The lowest BCUT2D eigenvalue weighted by Crippen LogP contribution is -2.19. The van der Waals surface area contributed by atoms with Crippen LogP contribution in [0.3, 0.4) is 0 Å². The number of rotatable bonds is 3. The highest BCUT2D eigenvalue weighted by atomic mass is 32.2. The van der Waals surface area contributed by atoms with Crippen LogP contribution in [0.25, 0.3) is 11.3 Å². The Labute approximate surface area is 92.3 Å². The number of hydrogen-bond acceptors (Lipinski definition) is 4. The second-order valence-electron chi connectivity index (χ2n) is 3.05. The first-order valence-corrected chi connectivity index (χ1v) is 5.84. The Morgan fingerprint density at radius 3 is 2.56 bits per heavy atom. The van der Waals surface area contributed by atoms with Crippen molar-refractivity contribution in [2.75, 3.05) is 0 Å². The molecule has 0 unspecified atom stereocenters. The molecule has 6 nitrogen and oxygen atoms in total. The maximum Gasteiger partial charge on any atom is 0.380 e. The van der Waals surface area contributed by atoms with E-state index in [0.29, 0.717) is 5.69 Å². The number of nitrogens with two attached hydrogens (primary N) is 1. The normalized spacial score (nSPS) is 11.3. The first-order valence-electron chi connectivity index (χ1n) is 4.37. The summed E-state index contributed by atoms with van der Waals surface area (Å²) in [5.74, 6) is 0.0775. The van der Waals surface area contributed by atoms with Gasteiger partial charge in [0.2, 0.25) is 0 Å². The zero-order valence-electron chi connectivity index (χ0n) is 8.12. The Hall–Kier alpha value is -1.86. The number of benzene rings is 1. The number of nitrogens with zero attached hydrogens (tertiary/aromatic N) is 1. The molecule has 0 radical (unpaired) electrons. The average molecular weight is 239 g/mol. The summed E-state index contributed by atoms with van der Waals surface area (Å²) < 4.78 is 26.2. The van der Waals surface area contributed by atoms with Crippen LogP contribution in [0.5, 0.6) is 5.75 Å². The molecule has 84 valence electrons. The van der Waals surface area contributed by atoms with Gasteiger partial charge in [-0.25, -0.2) is 0 Å². The molecule has 1 aromatic heterocycles. The minimum atomic E-state index is -4.04. The van der Waals surface area contributed by atoms with E-state index in [2.05, 4.69) is 14.4 Å². The molecule has 2 aromatic rings. The molecule has 0 aliphatic heterocycles. The smallest absolute Gasteiger partial charge is 0.367 e. The van der Waals surface area contributed by atoms with E-state index in [1.165, 1.54) is 6.20 Å². The quantitative estimate of drug-likeness (QED) is 0.821. The van der Waals surface area contributed by atoms with Gasteiger partial charge >= 0.3 is 10.3 Å². The van der Waals surface area contributed by atoms with Gasteiger partial charge < -0.3 is 4.18 Å². The van der Waals surface area contributed by atoms with E-state index in [1.807, 2.05) is 18.2 Å². The molecule has 7 heteroatoms. The maximum atomic E-state index is 10.8. The monoisotopic (exact) mass is 239 g/mol. The average Bonchev–Trinajstić information content (AvgIpc) is 2.64. The summed E-state index contributed by atoms with van der Waals surface area (Å²) in [6, 6.07) is 9.07. The van der Waals surface area contributed by atoms with Crippen molar-refractivity contribution >= 4 is 10.3 Å². The molecule has 1 aromatic carbocycles. The lowest BCUT2D eigenvalue weighted by atomic mass is 10.1. The van der Waals surface area contributed by atoms with Gasteiger partial charge in [0.1, 0.15) is 5.69 Å². The van der Waals surface area contributed by atoms with Gasteiger partial charge in [0.25, 0.3) is 0 Å². The second-order valence-corrected chi connectivity index (χ2v) is 4.20. The lowest BCUT2D eigenvalue weighted by Gasteiger charge is -2.02. The molecule has 0 amide bonds. The Kier molecular flexibility index (Phi) is 2.63. The molecular weight excluding hydrogens is 230 g/mol. The van der Waals surface area contributed by atoms with Crippen LogP contribution >= 0.6 is 0 Å². The van der Waals surface area contributed by atoms with Gasteiger partial charge in [-0.2, -0.15) is 18.7 Å². The predicted molar refractivity (Wildman–Crippen MR) is 57.8 cm³/mol. The topological polar surface area (TPSA) is 98.1 Å². The third-order valence-corrected chi connectivity index (χ3v) is 2.28. The Morgan fingerprint density at radius 2 is 1.94 bits per heavy atom. The highest BCUT2D eigenvalue weighted by Crippen LogP contribution is 2.27. The number of hydrogen-bond donors (Lipinski definition) is 2. The van der Waals surface area contributed by atoms with E-state index >= 15 is 0 Å². The molecule has 0 aliphatic rings. The van der Waals surface area contributed by atoms with Gasteiger partial charge in [-0.1, -0.05) is 30.3 Å². The first kappa shape index (κ1) is 10.7. The fraction of sp³-hybridized carbons (Fsp3) is 0. The minimum Gasteiger partial charge on any atom is -0.367 e. The molecule has 0 saturated carbocycles. The summed E-state index contributed by atoms with van der Waals surface area (Å²) in [5.41, 5.74) is 1.23. The molecule has 16 heavy (non-hydrogen) atoms. The van der Waals surface area contributed by atoms with Crippen LogP contribution in [-0.2, 0) is 10.3 Å². The van der Waals surface area contributed by atoms with Crippen molar-refractivity contribution < 1.29 is 12.6 Å². The van der Waals surface area contributed by atoms with Crippen LogP contribution in [-0.4, -0.2) is 18.6 Å². The zero-order chi connectivity index (χ0) is 11.6. The highest BCUT2D eigenvalue weighted by Gasteiger charge is 2.13. The van der Waals surface area contributed by atoms with Crippen molar-refractivity contribution in [3.63, 3.8) is 0 Å². The van der Waals surface area contributed by atoms with E-state index in [9.17, 15) is 8.42 Å². The second kappa shape index (κ2) is 3.95. The summed E-state index contributed by atoms with van der Waals surface area (Å²) >= 11 is 0. The van der Waals surface area contributed by atoms with Crippen molar-refractivity contribution in [3.05, 3.63) is 36.5 Å². The largest absolute Gasteiger partial charge is 0.380 e. The predicted octanol–water partition coefficient (Wildman–Crippen LogP) is 0.659. The summed E-state index contributed by atoms with van der Waals surface area (Å²) in [6.07, 6.45) is 1.26. The van der Waals surface area contributed by atoms with Gasteiger partial charge in [0, 0.05) is 5.56 Å². The third-order valence-electron chi connectivity index (χ3n) is 1.87. The van der Waals surface area contributed by atoms with Crippen LogP contribution in [0.2, 0.25) is 0 Å². The van der Waals surface area contributed by atoms with Gasteiger partial charge in [0.05, 0.1) is 6.20 Å². The summed E-state index contributed by atoms with van der Waals surface area (Å²) in [6.45, 7) is 0. The summed E-state index contributed by atoms with van der Waals surface area (Å²) in [5, 5.41) is 11.1. The lowest BCUT2D eigenvalue weighted by molar-refractivity contribution is 0.488. The van der Waals surface area contributed by atoms with E-state index in [-0.39, 0.29) is 5.75 Å². The minimum absolute atomic E-state index is 0.0775. The van der Waals surface area contributed by atoms with Crippen molar-refractivity contribution in [2.45, 2.75) is 0 Å². The molecule has 0 saturated heterocycles. The van der Waals surface area contributed by atoms with Crippen LogP contribution in [0.4, 0.5) is 0 Å². The molecule has 0 bridgehead atoms. The SMILES string of the molecule is NS(=O)(=O)Oc1cn[nH]c1-c1ccccc1. The zero-order valence-corrected chi connectivity index (χ0v) is 8.94. The van der Waals surface area contributed by atoms with Gasteiger partial charge in [-0.05, 0) is 0 Å². The van der Waals surface area contributed by atoms with Crippen molar-refractivity contribution in [1.29, 1.82) is 0 Å². The van der Waals surface area contributed by atoms with Crippen LogP contribution in [0.15, 0.2) is 36.5 Å². The number of H-pyrrole nitrogens is 1. The number of nitrogens with one attached hydrogen (secondary N) is 1. The van der Waals surface area contributed by atoms with Gasteiger partial charge in [0.15, 0.2) is 5.75 Å². The van der Waals surface area contributed by atoms with Crippen LogP contribution in [0, 0.1) is 0 Å². The molecular formula is C9H9N3O3S. The number of aromatic amines is 1. The number of aromatic nitrogens is 2. The Morgan fingerprint density at radius 1 is 1.25 bits per heavy atom. The van der Waals surface area contributed by atoms with E-state index in [0.717, 1.165) is 5.56 Å². The van der Waals surface area contributed by atoms with Gasteiger partial charge in [-0.15, -0.1) is 0 Å². The van der Waals surface area contributed by atoms with Crippen molar-refractivity contribution in [1.82, 2.24) is 10.2 Å². The molecule has 1 heterocycles. The molecule has 2 rings (SSSR count). The van der Waals surface area contributed by atoms with E-state index in [1.54, 1.807) is 12.1 Å². The molecule has 3 N–H and O–H groups in total. The summed E-state index contributed by atoms with van der Waals surface area (Å²) in [4.78, 5) is 0. The van der Waals surface area contributed by atoms with Crippen molar-refractivity contribution in [3.8, 4) is 17.0 Å². The third kappa shape index (κ3) is 2.38. The standard InChI is InChI=1S/C9H9N3O3S/c10-16(13,14)15-8-6-11-12-9(8)7-4-2-1-3-5-7/h1-6H,(H,11,12)(H2,10,13,14). The molecule has 0 atom stereocenters. The molecule has 0 spiro atoms.